The van der Waals surface area contributed by atoms with Crippen LogP contribution < -0.4 is 0 Å². The summed E-state index contributed by atoms with van der Waals surface area (Å²) >= 11 is 1.75. The van der Waals surface area contributed by atoms with Crippen molar-refractivity contribution in [1.82, 2.24) is 0 Å². The van der Waals surface area contributed by atoms with Crippen LogP contribution in [0.15, 0.2) is 12.1 Å². The molecule has 1 aromatic heterocycles. The number of carbonyl (C=O) groups excluding carboxylic acids is 2. The molecule has 0 bridgehead atoms. The largest absolute Gasteiger partial charge is 0.466 e. The van der Waals surface area contributed by atoms with Gasteiger partial charge in [-0.15, -0.1) is 11.3 Å². The fourth-order valence-electron chi connectivity index (χ4n) is 5.18. The summed E-state index contributed by atoms with van der Waals surface area (Å²) in [5.41, 5.74) is 8.12. The molecule has 4 heteroatoms. The molecule has 0 saturated heterocycles. The molecular formula is C29H40O3S. The molecule has 1 aliphatic rings. The lowest BCUT2D eigenvalue weighted by atomic mass is 9.74. The maximum Gasteiger partial charge on any atom is 0.306 e. The van der Waals surface area contributed by atoms with Crippen LogP contribution in [0.1, 0.15) is 102 Å². The lowest BCUT2D eigenvalue weighted by molar-refractivity contribution is -0.143. The minimum Gasteiger partial charge on any atom is -0.466 e. The van der Waals surface area contributed by atoms with Crippen LogP contribution in [0.25, 0.3) is 0 Å². The SMILES string of the molecule is CCOC(=O)CCc1c(C)cc(CCC(=O)c2sc(CC)c3c2CCC(C)(C)C3)cc1CC. The van der Waals surface area contributed by atoms with Crippen molar-refractivity contribution in [3.63, 3.8) is 0 Å². The maximum absolute atomic E-state index is 13.3. The van der Waals surface area contributed by atoms with Crippen LogP contribution >= 0.6 is 11.3 Å². The molecule has 0 fully saturated rings. The quantitative estimate of drug-likeness (QED) is 0.278. The molecule has 0 atom stereocenters. The number of hydrogen-bond donors (Lipinski definition) is 0. The Morgan fingerprint density at radius 1 is 1.03 bits per heavy atom. The third-order valence-corrected chi connectivity index (χ3v) is 8.47. The van der Waals surface area contributed by atoms with E-state index in [1.54, 1.807) is 11.3 Å². The van der Waals surface area contributed by atoms with Crippen molar-refractivity contribution >= 4 is 23.1 Å². The zero-order valence-electron chi connectivity index (χ0n) is 21.4. The van der Waals surface area contributed by atoms with Crippen LogP contribution in [0.2, 0.25) is 0 Å². The number of rotatable bonds is 10. The molecule has 1 heterocycles. The Labute approximate surface area is 203 Å². The second kappa shape index (κ2) is 11.0. The monoisotopic (exact) mass is 468 g/mol. The average Bonchev–Trinajstić information content (AvgIpc) is 3.13. The average molecular weight is 469 g/mol. The van der Waals surface area contributed by atoms with E-state index in [4.69, 9.17) is 4.74 Å². The lowest BCUT2D eigenvalue weighted by Crippen LogP contribution is -2.22. The fourth-order valence-corrected chi connectivity index (χ4v) is 6.46. The highest BCUT2D eigenvalue weighted by molar-refractivity contribution is 7.14. The predicted octanol–water partition coefficient (Wildman–Crippen LogP) is 7.01. The first-order chi connectivity index (χ1) is 15.7. The number of fused-ring (bicyclic) bond motifs is 1. The Balaban J connectivity index is 1.72. The van der Waals surface area contributed by atoms with Crippen molar-refractivity contribution in [2.75, 3.05) is 6.61 Å². The Morgan fingerprint density at radius 2 is 1.79 bits per heavy atom. The van der Waals surface area contributed by atoms with E-state index in [9.17, 15) is 9.59 Å². The fraction of sp³-hybridized carbons (Fsp3) is 0.586. The lowest BCUT2D eigenvalue weighted by Gasteiger charge is -2.30. The number of thiophene rings is 1. The van der Waals surface area contributed by atoms with Gasteiger partial charge in [-0.2, -0.15) is 0 Å². The zero-order chi connectivity index (χ0) is 24.2. The van der Waals surface area contributed by atoms with Crippen molar-refractivity contribution in [1.29, 1.82) is 0 Å². The van der Waals surface area contributed by atoms with Gasteiger partial charge in [-0.05, 0) is 97.6 Å². The molecule has 0 unspecified atom stereocenters. The summed E-state index contributed by atoms with van der Waals surface area (Å²) in [6.07, 6.45) is 7.69. The molecule has 3 rings (SSSR count). The molecule has 0 saturated carbocycles. The van der Waals surface area contributed by atoms with Gasteiger partial charge < -0.3 is 4.74 Å². The first-order valence-corrected chi connectivity index (χ1v) is 13.4. The minimum absolute atomic E-state index is 0.136. The van der Waals surface area contributed by atoms with Gasteiger partial charge in [0.25, 0.3) is 0 Å². The molecule has 0 amide bonds. The van der Waals surface area contributed by atoms with E-state index in [0.717, 1.165) is 43.4 Å². The second-order valence-corrected chi connectivity index (χ2v) is 11.2. The molecule has 0 radical (unpaired) electrons. The summed E-state index contributed by atoms with van der Waals surface area (Å²) in [6.45, 7) is 13.4. The van der Waals surface area contributed by atoms with Gasteiger partial charge >= 0.3 is 5.97 Å². The van der Waals surface area contributed by atoms with Crippen molar-refractivity contribution in [2.45, 2.75) is 99.3 Å². The Bertz CT molecular complexity index is 1010. The van der Waals surface area contributed by atoms with Gasteiger partial charge in [0.05, 0.1) is 11.5 Å². The highest BCUT2D eigenvalue weighted by Gasteiger charge is 2.31. The van der Waals surface area contributed by atoms with E-state index >= 15 is 0 Å². The van der Waals surface area contributed by atoms with Crippen LogP contribution in [0.4, 0.5) is 0 Å². The molecule has 3 nitrogen and oxygen atoms in total. The number of esters is 1. The molecule has 0 N–H and O–H groups in total. The molecule has 180 valence electrons. The molecular weight excluding hydrogens is 428 g/mol. The number of benzene rings is 1. The summed E-state index contributed by atoms with van der Waals surface area (Å²) < 4.78 is 5.09. The molecule has 0 aliphatic heterocycles. The molecule has 33 heavy (non-hydrogen) atoms. The van der Waals surface area contributed by atoms with Gasteiger partial charge in [-0.3, -0.25) is 9.59 Å². The van der Waals surface area contributed by atoms with Crippen molar-refractivity contribution < 1.29 is 14.3 Å². The maximum atomic E-state index is 13.3. The standard InChI is InChI=1S/C29H40O3S/c1-7-21-17-20(16-19(4)22(21)11-13-27(31)32-9-3)10-12-25(30)28-23-14-15-29(5,6)18-24(23)26(8-2)33-28/h16-17H,7-15,18H2,1-6H3. The van der Waals surface area contributed by atoms with Crippen LogP contribution in [0, 0.1) is 12.3 Å². The molecule has 1 aliphatic carbocycles. The van der Waals surface area contributed by atoms with E-state index in [0.29, 0.717) is 37.1 Å². The van der Waals surface area contributed by atoms with Crippen molar-refractivity contribution in [3.8, 4) is 0 Å². The van der Waals surface area contributed by atoms with Gasteiger partial charge in [0.15, 0.2) is 5.78 Å². The summed E-state index contributed by atoms with van der Waals surface area (Å²) in [5.74, 6) is 0.167. The first-order valence-electron chi connectivity index (χ1n) is 12.6. The molecule has 2 aromatic rings. The van der Waals surface area contributed by atoms with E-state index in [1.807, 2.05) is 6.92 Å². The number of ketones is 1. The summed E-state index contributed by atoms with van der Waals surface area (Å²) in [6, 6.07) is 4.45. The van der Waals surface area contributed by atoms with Gasteiger partial charge in [-0.1, -0.05) is 39.8 Å². The van der Waals surface area contributed by atoms with Crippen molar-refractivity contribution in [2.24, 2.45) is 5.41 Å². The highest BCUT2D eigenvalue weighted by atomic mass is 32.1. The van der Waals surface area contributed by atoms with Gasteiger partial charge in [0.1, 0.15) is 0 Å². The second-order valence-electron chi connectivity index (χ2n) is 10.1. The van der Waals surface area contributed by atoms with E-state index in [2.05, 4.69) is 46.8 Å². The number of aryl methyl sites for hydroxylation is 4. The highest BCUT2D eigenvalue weighted by Crippen LogP contribution is 2.42. The topological polar surface area (TPSA) is 43.4 Å². The van der Waals surface area contributed by atoms with E-state index in [1.165, 1.54) is 38.3 Å². The number of hydrogen-bond acceptors (Lipinski definition) is 4. The van der Waals surface area contributed by atoms with E-state index in [-0.39, 0.29) is 5.97 Å². The Morgan fingerprint density at radius 3 is 2.45 bits per heavy atom. The molecule has 1 aromatic carbocycles. The number of carbonyl (C=O) groups is 2. The third-order valence-electron chi connectivity index (χ3n) is 7.01. The predicted molar refractivity (Wildman–Crippen MR) is 138 cm³/mol. The van der Waals surface area contributed by atoms with Crippen LogP contribution in [-0.4, -0.2) is 18.4 Å². The summed E-state index contributed by atoms with van der Waals surface area (Å²) in [5, 5.41) is 0. The minimum atomic E-state index is -0.136. The Hall–Kier alpha value is -1.94. The normalized spacial score (nSPS) is 14.7. The van der Waals surface area contributed by atoms with Crippen LogP contribution in [-0.2, 0) is 48.1 Å². The Kier molecular flexibility index (Phi) is 8.55. The van der Waals surface area contributed by atoms with Gasteiger partial charge in [0.2, 0.25) is 0 Å². The van der Waals surface area contributed by atoms with Crippen molar-refractivity contribution in [3.05, 3.63) is 55.3 Å². The molecule has 0 spiro atoms. The number of ether oxygens (including phenoxy) is 1. The zero-order valence-corrected chi connectivity index (χ0v) is 22.2. The number of Topliss-reactive ketones (excluding diaryl/α,β-unsaturated/α-hetero) is 1. The van der Waals surface area contributed by atoms with E-state index < -0.39 is 0 Å². The third kappa shape index (κ3) is 6.15. The van der Waals surface area contributed by atoms with Gasteiger partial charge in [0, 0.05) is 17.7 Å². The smallest absolute Gasteiger partial charge is 0.306 e. The van der Waals surface area contributed by atoms with Crippen LogP contribution in [0.5, 0.6) is 0 Å². The summed E-state index contributed by atoms with van der Waals surface area (Å²) in [4.78, 5) is 27.5. The summed E-state index contributed by atoms with van der Waals surface area (Å²) in [7, 11) is 0. The first kappa shape index (κ1) is 25.7. The van der Waals surface area contributed by atoms with Crippen LogP contribution in [0.3, 0.4) is 0 Å². The van der Waals surface area contributed by atoms with Gasteiger partial charge in [-0.25, -0.2) is 0 Å².